The minimum absolute atomic E-state index is 0.640. The number of thiazole rings is 1. The van der Waals surface area contributed by atoms with Crippen molar-refractivity contribution in [2.45, 2.75) is 25.8 Å². The Hall–Kier alpha value is -1.33. The van der Waals surface area contributed by atoms with E-state index in [1.54, 1.807) is 11.3 Å². The number of likely N-dealkylation sites (N-methyl/N-ethyl adjacent to an activating group) is 1. The number of hydrogen-bond acceptors (Lipinski definition) is 5. The van der Waals surface area contributed by atoms with Crippen LogP contribution >= 0.6 is 11.3 Å². The molecule has 1 fully saturated rings. The number of benzene rings is 1. The van der Waals surface area contributed by atoms with E-state index in [2.05, 4.69) is 28.3 Å². The third-order valence-electron chi connectivity index (χ3n) is 3.83. The summed E-state index contributed by atoms with van der Waals surface area (Å²) < 4.78 is 6.71. The van der Waals surface area contributed by atoms with Crippen molar-refractivity contribution in [1.29, 1.82) is 0 Å². The number of anilines is 1. The first kappa shape index (κ1) is 13.6. The molecule has 1 aromatic carbocycles. The zero-order valence-corrected chi connectivity index (χ0v) is 12.9. The Bertz CT molecular complexity index is 584. The average Bonchev–Trinajstić information content (AvgIpc) is 3.02. The lowest BCUT2D eigenvalue weighted by Crippen LogP contribution is -2.31. The van der Waals surface area contributed by atoms with E-state index >= 15 is 0 Å². The zero-order chi connectivity index (χ0) is 13.9. The molecular formula is C15H21N3OS. The van der Waals surface area contributed by atoms with Crippen molar-refractivity contribution in [3.8, 4) is 5.75 Å². The van der Waals surface area contributed by atoms with Crippen molar-refractivity contribution in [2.75, 3.05) is 32.1 Å². The van der Waals surface area contributed by atoms with Gasteiger partial charge in [-0.25, -0.2) is 4.98 Å². The third-order valence-corrected chi connectivity index (χ3v) is 4.81. The third kappa shape index (κ3) is 2.88. The molecule has 20 heavy (non-hydrogen) atoms. The lowest BCUT2D eigenvalue weighted by Gasteiger charge is -2.19. The lowest BCUT2D eigenvalue weighted by atomic mass is 10.2. The Morgan fingerprint density at radius 2 is 2.40 bits per heavy atom. The van der Waals surface area contributed by atoms with Crippen LogP contribution in [-0.4, -0.2) is 42.7 Å². The predicted molar refractivity (Wildman–Crippen MR) is 84.9 cm³/mol. The molecule has 2 aromatic rings. The van der Waals surface area contributed by atoms with Gasteiger partial charge in [0.2, 0.25) is 0 Å². The summed E-state index contributed by atoms with van der Waals surface area (Å²) in [4.78, 5) is 7.06. The fraction of sp³-hybridized carbons (Fsp3) is 0.533. The summed E-state index contributed by atoms with van der Waals surface area (Å²) >= 11 is 1.70. The van der Waals surface area contributed by atoms with Crippen LogP contribution in [0.3, 0.4) is 0 Å². The molecular weight excluding hydrogens is 270 g/mol. The number of hydrogen-bond donors (Lipinski definition) is 1. The highest BCUT2D eigenvalue weighted by molar-refractivity contribution is 7.22. The van der Waals surface area contributed by atoms with Crippen LogP contribution in [0.2, 0.25) is 0 Å². The molecule has 1 aromatic heterocycles. The van der Waals surface area contributed by atoms with Crippen molar-refractivity contribution in [1.82, 2.24) is 9.88 Å². The molecule has 5 heteroatoms. The highest BCUT2D eigenvalue weighted by Gasteiger charge is 2.20. The van der Waals surface area contributed by atoms with Crippen LogP contribution in [0.15, 0.2) is 18.2 Å². The molecule has 0 radical (unpaired) electrons. The van der Waals surface area contributed by atoms with E-state index in [9.17, 15) is 0 Å². The first-order valence-corrected chi connectivity index (χ1v) is 8.05. The SMILES string of the molecule is CCOc1ccc2nc(NCC3CCCN3C)sc2c1. The molecule has 2 heterocycles. The van der Waals surface area contributed by atoms with Gasteiger partial charge in [0.15, 0.2) is 5.13 Å². The molecule has 1 unspecified atom stereocenters. The molecule has 1 atom stereocenters. The van der Waals surface area contributed by atoms with Crippen LogP contribution in [-0.2, 0) is 0 Å². The molecule has 1 saturated heterocycles. The van der Waals surface area contributed by atoms with Gasteiger partial charge in [0.25, 0.3) is 0 Å². The van der Waals surface area contributed by atoms with E-state index in [4.69, 9.17) is 4.74 Å². The van der Waals surface area contributed by atoms with Gasteiger partial charge in [0.05, 0.1) is 16.8 Å². The van der Waals surface area contributed by atoms with Gasteiger partial charge < -0.3 is 15.0 Å². The summed E-state index contributed by atoms with van der Waals surface area (Å²) in [7, 11) is 2.20. The molecule has 3 rings (SSSR count). The number of aromatic nitrogens is 1. The van der Waals surface area contributed by atoms with Gasteiger partial charge in [-0.15, -0.1) is 0 Å². The first-order valence-electron chi connectivity index (χ1n) is 7.24. The van der Waals surface area contributed by atoms with Crippen molar-refractivity contribution < 1.29 is 4.74 Å². The molecule has 108 valence electrons. The normalized spacial score (nSPS) is 19.6. The van der Waals surface area contributed by atoms with Crippen LogP contribution < -0.4 is 10.1 Å². The number of likely N-dealkylation sites (tertiary alicyclic amines) is 1. The average molecular weight is 291 g/mol. The van der Waals surface area contributed by atoms with Crippen molar-refractivity contribution in [3.63, 3.8) is 0 Å². The second kappa shape index (κ2) is 5.97. The van der Waals surface area contributed by atoms with Gasteiger partial charge in [-0.2, -0.15) is 0 Å². The Labute approximate surface area is 123 Å². The molecule has 0 aliphatic carbocycles. The number of fused-ring (bicyclic) bond motifs is 1. The van der Waals surface area contributed by atoms with Gasteiger partial charge in [-0.3, -0.25) is 0 Å². The summed E-state index contributed by atoms with van der Waals surface area (Å²) in [6.07, 6.45) is 2.59. The predicted octanol–water partition coefficient (Wildman–Crippen LogP) is 3.20. The van der Waals surface area contributed by atoms with Gasteiger partial charge in [0.1, 0.15) is 5.75 Å². The van der Waals surface area contributed by atoms with E-state index in [0.29, 0.717) is 12.6 Å². The van der Waals surface area contributed by atoms with Crippen molar-refractivity contribution in [3.05, 3.63) is 18.2 Å². The Morgan fingerprint density at radius 3 is 3.15 bits per heavy atom. The van der Waals surface area contributed by atoms with Crippen molar-refractivity contribution in [2.24, 2.45) is 0 Å². The van der Waals surface area contributed by atoms with Crippen LogP contribution in [0, 0.1) is 0 Å². The fourth-order valence-corrected chi connectivity index (χ4v) is 3.58. The van der Waals surface area contributed by atoms with E-state index in [-0.39, 0.29) is 0 Å². The molecule has 0 bridgehead atoms. The van der Waals surface area contributed by atoms with E-state index < -0.39 is 0 Å². The van der Waals surface area contributed by atoms with Crippen LogP contribution in [0.25, 0.3) is 10.2 Å². The molecule has 0 saturated carbocycles. The molecule has 1 aliphatic rings. The maximum absolute atomic E-state index is 5.53. The van der Waals surface area contributed by atoms with Crippen molar-refractivity contribution >= 4 is 26.7 Å². The minimum atomic E-state index is 0.640. The summed E-state index contributed by atoms with van der Waals surface area (Å²) in [5.41, 5.74) is 1.04. The summed E-state index contributed by atoms with van der Waals surface area (Å²) in [6.45, 7) is 4.89. The van der Waals surface area contributed by atoms with Crippen LogP contribution in [0.4, 0.5) is 5.13 Å². The Morgan fingerprint density at radius 1 is 1.50 bits per heavy atom. The largest absolute Gasteiger partial charge is 0.494 e. The lowest BCUT2D eigenvalue weighted by molar-refractivity contribution is 0.322. The number of nitrogens with zero attached hydrogens (tertiary/aromatic N) is 2. The Balaban J connectivity index is 1.69. The van der Waals surface area contributed by atoms with Gasteiger partial charge in [-0.05, 0) is 51.6 Å². The van der Waals surface area contributed by atoms with Gasteiger partial charge in [-0.1, -0.05) is 11.3 Å². The van der Waals surface area contributed by atoms with E-state index in [1.807, 2.05) is 19.1 Å². The molecule has 0 amide bonds. The minimum Gasteiger partial charge on any atom is -0.494 e. The highest BCUT2D eigenvalue weighted by atomic mass is 32.1. The monoisotopic (exact) mass is 291 g/mol. The topological polar surface area (TPSA) is 37.4 Å². The quantitative estimate of drug-likeness (QED) is 0.918. The standard InChI is InChI=1S/C15H21N3OS/c1-3-19-12-6-7-13-14(9-12)20-15(17-13)16-10-11-5-4-8-18(11)2/h6-7,9,11H,3-5,8,10H2,1-2H3,(H,16,17). The summed E-state index contributed by atoms with van der Waals surface area (Å²) in [6, 6.07) is 6.73. The smallest absolute Gasteiger partial charge is 0.183 e. The second-order valence-corrected chi connectivity index (χ2v) is 6.27. The number of ether oxygens (including phenoxy) is 1. The summed E-state index contributed by atoms with van der Waals surface area (Å²) in [5, 5.41) is 4.49. The van der Waals surface area contributed by atoms with Crippen LogP contribution in [0.1, 0.15) is 19.8 Å². The summed E-state index contributed by atoms with van der Waals surface area (Å²) in [5.74, 6) is 0.922. The van der Waals surface area contributed by atoms with Gasteiger partial charge >= 0.3 is 0 Å². The van der Waals surface area contributed by atoms with Gasteiger partial charge in [0, 0.05) is 12.6 Å². The molecule has 0 spiro atoms. The fourth-order valence-electron chi connectivity index (χ4n) is 2.68. The second-order valence-electron chi connectivity index (χ2n) is 5.24. The number of rotatable bonds is 5. The maximum Gasteiger partial charge on any atom is 0.183 e. The highest BCUT2D eigenvalue weighted by Crippen LogP contribution is 2.29. The molecule has 1 aliphatic heterocycles. The molecule has 1 N–H and O–H groups in total. The van der Waals surface area contributed by atoms with Crippen LogP contribution in [0.5, 0.6) is 5.75 Å². The van der Waals surface area contributed by atoms with E-state index in [0.717, 1.165) is 22.9 Å². The molecule has 4 nitrogen and oxygen atoms in total. The maximum atomic E-state index is 5.53. The Kier molecular flexibility index (Phi) is 4.08. The number of nitrogens with one attached hydrogen (secondary N) is 1. The van der Waals surface area contributed by atoms with E-state index in [1.165, 1.54) is 24.1 Å². The zero-order valence-electron chi connectivity index (χ0n) is 12.1. The first-order chi connectivity index (χ1) is 9.76.